The van der Waals surface area contributed by atoms with Crippen LogP contribution in [0, 0.1) is 11.2 Å². The van der Waals surface area contributed by atoms with Gasteiger partial charge < -0.3 is 14.4 Å². The van der Waals surface area contributed by atoms with Gasteiger partial charge in [-0.05, 0) is 38.0 Å². The quantitative estimate of drug-likeness (QED) is 0.511. The molecule has 8 heteroatoms. The minimum atomic E-state index is -0.987. The molecule has 2 aromatic rings. The molecule has 3 rings (SSSR count). The van der Waals surface area contributed by atoms with Crippen molar-refractivity contribution in [2.75, 3.05) is 7.05 Å². The molecule has 0 aliphatic carbocycles. The summed E-state index contributed by atoms with van der Waals surface area (Å²) in [5.74, 6) is -0.832. The number of nitrogens with zero attached hydrogens (tertiary/aromatic N) is 2. The van der Waals surface area contributed by atoms with Crippen LogP contribution in [0.3, 0.4) is 0 Å². The Bertz CT molecular complexity index is 1120. The molecule has 2 amide bonds. The summed E-state index contributed by atoms with van der Waals surface area (Å²) in [6, 6.07) is 10.9. The van der Waals surface area contributed by atoms with E-state index in [-0.39, 0.29) is 35.8 Å². The second-order valence-corrected chi connectivity index (χ2v) is 11.2. The van der Waals surface area contributed by atoms with Crippen LogP contribution in [-0.2, 0) is 22.6 Å². The summed E-state index contributed by atoms with van der Waals surface area (Å²) in [4.78, 5) is 41.3. The normalized spacial score (nSPS) is 18.4. The van der Waals surface area contributed by atoms with E-state index in [0.29, 0.717) is 6.29 Å². The first-order valence-electron chi connectivity index (χ1n) is 11.9. The highest BCUT2D eigenvalue weighted by atomic mass is 19.1. The first kappa shape index (κ1) is 27.2. The Morgan fingerprint density at radius 2 is 1.72 bits per heavy atom. The Morgan fingerprint density at radius 1 is 1.08 bits per heavy atom. The second-order valence-electron chi connectivity index (χ2n) is 11.2. The van der Waals surface area contributed by atoms with E-state index in [9.17, 15) is 14.4 Å². The molecule has 194 valence electrons. The van der Waals surface area contributed by atoms with Crippen molar-refractivity contribution >= 4 is 18.3 Å². The Hall–Kier alpha value is -3.42. The van der Waals surface area contributed by atoms with E-state index in [2.05, 4.69) is 0 Å². The Kier molecular flexibility index (Phi) is 7.76. The smallest absolute Gasteiger partial charge is 0.412 e. The van der Waals surface area contributed by atoms with Crippen LogP contribution in [0.25, 0.3) is 0 Å². The lowest BCUT2D eigenvalue weighted by Gasteiger charge is -2.39. The van der Waals surface area contributed by atoms with E-state index in [4.69, 9.17) is 9.47 Å². The molecule has 0 aromatic heterocycles. The fourth-order valence-electron chi connectivity index (χ4n) is 4.49. The van der Waals surface area contributed by atoms with E-state index in [0.717, 1.165) is 11.6 Å². The number of carbonyl (C=O) groups is 3. The lowest BCUT2D eigenvalue weighted by Crippen LogP contribution is -2.52. The molecular weight excluding hydrogens is 463 g/mol. The van der Waals surface area contributed by atoms with Crippen molar-refractivity contribution in [2.45, 2.75) is 72.4 Å². The van der Waals surface area contributed by atoms with Crippen molar-refractivity contribution < 1.29 is 28.2 Å². The average Bonchev–Trinajstić information content (AvgIpc) is 3.04. The fraction of sp³-hybridized carbons (Fsp3) is 0.464. The number of hydrogen-bond acceptors (Lipinski definition) is 5. The molecule has 1 aliphatic heterocycles. The van der Waals surface area contributed by atoms with Gasteiger partial charge in [-0.2, -0.15) is 0 Å². The standard InChI is InChI=1S/C28H35FN2O5/c1-27(2,3)25-30(7)24(33)22(31(25)26(34)36-28(4,5)6)14-19-13-20(16-32)23(15-21(19)29)35-17-18-11-9-8-10-12-18/h8-13,15-16,22,25H,14,17H2,1-7H3/t22?,25-/m0/s1. The molecule has 0 bridgehead atoms. The number of amides is 2. The number of benzene rings is 2. The van der Waals surface area contributed by atoms with Crippen molar-refractivity contribution in [3.05, 3.63) is 65.0 Å². The SMILES string of the molecule is CN1C(=O)C(Cc2cc(C=O)c(OCc3ccccc3)cc2F)N(C(=O)OC(C)(C)C)[C@H]1C(C)(C)C. The number of halogens is 1. The molecule has 0 radical (unpaired) electrons. The van der Waals surface area contributed by atoms with Crippen LogP contribution >= 0.6 is 0 Å². The largest absolute Gasteiger partial charge is 0.488 e. The topological polar surface area (TPSA) is 76.2 Å². The van der Waals surface area contributed by atoms with E-state index >= 15 is 4.39 Å². The van der Waals surface area contributed by atoms with E-state index in [1.54, 1.807) is 27.8 Å². The third-order valence-corrected chi connectivity index (χ3v) is 5.93. The maximum atomic E-state index is 15.2. The monoisotopic (exact) mass is 498 g/mol. The maximum Gasteiger partial charge on any atom is 0.412 e. The van der Waals surface area contributed by atoms with Gasteiger partial charge in [-0.1, -0.05) is 51.1 Å². The molecule has 1 heterocycles. The molecule has 1 aliphatic rings. The molecule has 0 spiro atoms. The number of likely N-dealkylation sites (N-methyl/N-ethyl adjacent to an activating group) is 1. The Morgan fingerprint density at radius 3 is 2.28 bits per heavy atom. The third kappa shape index (κ3) is 6.04. The van der Waals surface area contributed by atoms with E-state index < -0.39 is 35.1 Å². The van der Waals surface area contributed by atoms with Gasteiger partial charge in [0.1, 0.15) is 36.0 Å². The molecular formula is C28H35FN2O5. The van der Waals surface area contributed by atoms with Crippen LogP contribution < -0.4 is 4.74 Å². The lowest BCUT2D eigenvalue weighted by molar-refractivity contribution is -0.129. The minimum Gasteiger partial charge on any atom is -0.488 e. The van der Waals surface area contributed by atoms with Gasteiger partial charge in [-0.15, -0.1) is 0 Å². The summed E-state index contributed by atoms with van der Waals surface area (Å²) in [6.07, 6.45) is -0.758. The van der Waals surface area contributed by atoms with Crippen molar-refractivity contribution in [1.29, 1.82) is 0 Å². The first-order chi connectivity index (χ1) is 16.7. The van der Waals surface area contributed by atoms with Crippen LogP contribution in [0.15, 0.2) is 42.5 Å². The van der Waals surface area contributed by atoms with E-state index in [1.807, 2.05) is 51.1 Å². The second kappa shape index (κ2) is 10.3. The van der Waals surface area contributed by atoms with Crippen LogP contribution in [-0.4, -0.2) is 52.9 Å². The third-order valence-electron chi connectivity index (χ3n) is 5.93. The summed E-state index contributed by atoms with van der Waals surface area (Å²) in [5, 5.41) is 0. The predicted octanol–water partition coefficient (Wildman–Crippen LogP) is 5.21. The molecule has 2 aromatic carbocycles. The molecule has 1 fully saturated rings. The van der Waals surface area contributed by atoms with Gasteiger partial charge in [0.15, 0.2) is 6.29 Å². The number of carbonyl (C=O) groups excluding carboxylic acids is 3. The zero-order valence-electron chi connectivity index (χ0n) is 22.0. The van der Waals surface area contributed by atoms with Crippen LogP contribution in [0.2, 0.25) is 0 Å². The van der Waals surface area contributed by atoms with Crippen molar-refractivity contribution in [3.63, 3.8) is 0 Å². The van der Waals surface area contributed by atoms with Gasteiger partial charge in [0.2, 0.25) is 5.91 Å². The number of ether oxygens (including phenoxy) is 2. The molecule has 1 unspecified atom stereocenters. The van der Waals surface area contributed by atoms with Crippen LogP contribution in [0.5, 0.6) is 5.75 Å². The molecule has 36 heavy (non-hydrogen) atoms. The molecule has 2 atom stereocenters. The summed E-state index contributed by atoms with van der Waals surface area (Å²) < 4.78 is 26.6. The Balaban J connectivity index is 1.93. The summed E-state index contributed by atoms with van der Waals surface area (Å²) in [7, 11) is 1.63. The lowest BCUT2D eigenvalue weighted by atomic mass is 9.91. The highest BCUT2D eigenvalue weighted by Crippen LogP contribution is 2.37. The van der Waals surface area contributed by atoms with Gasteiger partial charge in [-0.25, -0.2) is 9.18 Å². The van der Waals surface area contributed by atoms with E-state index in [1.165, 1.54) is 15.9 Å². The highest BCUT2D eigenvalue weighted by molar-refractivity contribution is 5.90. The van der Waals surface area contributed by atoms with Crippen LogP contribution in [0.4, 0.5) is 9.18 Å². The maximum absolute atomic E-state index is 15.2. The van der Waals surface area contributed by atoms with Crippen molar-refractivity contribution in [3.8, 4) is 5.75 Å². The minimum absolute atomic E-state index is 0.110. The first-order valence-corrected chi connectivity index (χ1v) is 11.9. The van der Waals surface area contributed by atoms with Gasteiger partial charge in [-0.3, -0.25) is 14.5 Å². The van der Waals surface area contributed by atoms with Crippen molar-refractivity contribution in [2.24, 2.45) is 5.41 Å². The number of aldehydes is 1. The van der Waals surface area contributed by atoms with Gasteiger partial charge in [0.05, 0.1) is 5.56 Å². The zero-order chi connectivity index (χ0) is 26.8. The predicted molar refractivity (Wildman–Crippen MR) is 134 cm³/mol. The molecule has 7 nitrogen and oxygen atoms in total. The summed E-state index contributed by atoms with van der Waals surface area (Å²) >= 11 is 0. The molecule has 1 saturated heterocycles. The molecule has 0 N–H and O–H groups in total. The average molecular weight is 499 g/mol. The fourth-order valence-corrected chi connectivity index (χ4v) is 4.49. The van der Waals surface area contributed by atoms with Gasteiger partial charge in [0.25, 0.3) is 0 Å². The van der Waals surface area contributed by atoms with Gasteiger partial charge >= 0.3 is 6.09 Å². The summed E-state index contributed by atoms with van der Waals surface area (Å²) in [5.41, 5.74) is -0.0874. The Labute approximate surface area is 212 Å². The number of rotatable bonds is 6. The highest BCUT2D eigenvalue weighted by Gasteiger charge is 2.52. The zero-order valence-corrected chi connectivity index (χ0v) is 22.0. The number of hydrogen-bond donors (Lipinski definition) is 0. The van der Waals surface area contributed by atoms with Crippen LogP contribution in [0.1, 0.15) is 63.0 Å². The van der Waals surface area contributed by atoms with Gasteiger partial charge in [0, 0.05) is 24.9 Å². The summed E-state index contributed by atoms with van der Waals surface area (Å²) in [6.45, 7) is 11.2. The molecule has 0 saturated carbocycles. The van der Waals surface area contributed by atoms with Crippen molar-refractivity contribution in [1.82, 2.24) is 9.80 Å².